The van der Waals surface area contributed by atoms with Crippen LogP contribution < -0.4 is 0 Å². The summed E-state index contributed by atoms with van der Waals surface area (Å²) in [7, 11) is 0. The molecule has 0 aromatic heterocycles. The maximum absolute atomic E-state index is 12.0. The maximum atomic E-state index is 12.0. The molecule has 59 valence electrons. The molecule has 0 saturated carbocycles. The fraction of sp³-hybridized carbons (Fsp3) is 0.375. The summed E-state index contributed by atoms with van der Waals surface area (Å²) < 4.78 is 36.1. The average Bonchev–Trinajstić information content (AvgIpc) is 1.86. The van der Waals surface area contributed by atoms with Gasteiger partial charge >= 0.3 is 6.18 Å². The Hall–Kier alpha value is -0.730. The Morgan fingerprint density at radius 2 is 2.09 bits per heavy atom. The molecule has 1 rings (SSSR count). The van der Waals surface area contributed by atoms with Crippen LogP contribution in [-0.4, -0.2) is 6.18 Å². The van der Waals surface area contributed by atoms with E-state index in [2.05, 4.69) is 12.5 Å². The van der Waals surface area contributed by atoms with Gasteiger partial charge in [0.1, 0.15) is 0 Å². The molecule has 0 spiro atoms. The van der Waals surface area contributed by atoms with Crippen molar-refractivity contribution in [1.82, 2.24) is 0 Å². The molecule has 1 aliphatic carbocycles. The van der Waals surface area contributed by atoms with Crippen LogP contribution in [0.1, 0.15) is 13.3 Å². The lowest BCUT2D eigenvalue weighted by molar-refractivity contribution is -0.0892. The van der Waals surface area contributed by atoms with E-state index in [0.717, 1.165) is 6.08 Å². The quantitative estimate of drug-likeness (QED) is 0.509. The van der Waals surface area contributed by atoms with Crippen LogP contribution in [0.5, 0.6) is 0 Å². The highest BCUT2D eigenvalue weighted by Crippen LogP contribution is 2.32. The SMILES string of the molecule is CC1=C(C(F)(F)F)C=[C][C]C1. The second kappa shape index (κ2) is 2.72. The lowest BCUT2D eigenvalue weighted by atomic mass is 9.99. The average molecular weight is 159 g/mol. The molecule has 0 saturated heterocycles. The zero-order valence-corrected chi connectivity index (χ0v) is 5.92. The van der Waals surface area contributed by atoms with Crippen LogP contribution in [0.2, 0.25) is 0 Å². The van der Waals surface area contributed by atoms with Crippen molar-refractivity contribution in [3.05, 3.63) is 29.7 Å². The third-order valence-electron chi connectivity index (χ3n) is 1.44. The summed E-state index contributed by atoms with van der Waals surface area (Å²) in [5, 5.41) is 0. The molecule has 0 aliphatic heterocycles. The van der Waals surface area contributed by atoms with E-state index in [4.69, 9.17) is 0 Å². The van der Waals surface area contributed by atoms with Crippen molar-refractivity contribution >= 4 is 0 Å². The Morgan fingerprint density at radius 1 is 1.45 bits per heavy atom. The highest BCUT2D eigenvalue weighted by Gasteiger charge is 2.33. The minimum absolute atomic E-state index is 0.228. The second-order valence-electron chi connectivity index (χ2n) is 2.33. The van der Waals surface area contributed by atoms with Gasteiger partial charge in [0.25, 0.3) is 0 Å². The van der Waals surface area contributed by atoms with Crippen molar-refractivity contribution in [1.29, 1.82) is 0 Å². The number of rotatable bonds is 0. The normalized spacial score (nSPS) is 19.3. The van der Waals surface area contributed by atoms with Crippen molar-refractivity contribution in [2.45, 2.75) is 19.5 Å². The van der Waals surface area contributed by atoms with Gasteiger partial charge in [-0.3, -0.25) is 0 Å². The Balaban J connectivity index is 2.93. The first-order valence-electron chi connectivity index (χ1n) is 3.10. The first kappa shape index (κ1) is 8.37. The van der Waals surface area contributed by atoms with Crippen LogP contribution in [0, 0.1) is 12.5 Å². The van der Waals surface area contributed by atoms with Crippen molar-refractivity contribution < 1.29 is 13.2 Å². The molecule has 3 radical (unpaired) electrons. The number of halogens is 3. The molecule has 0 atom stereocenters. The van der Waals surface area contributed by atoms with Crippen molar-refractivity contribution in [2.24, 2.45) is 0 Å². The molecule has 0 heterocycles. The van der Waals surface area contributed by atoms with E-state index in [9.17, 15) is 13.2 Å². The molecular formula is C8H6F3. The molecule has 0 N–H and O–H groups in total. The van der Waals surface area contributed by atoms with Gasteiger partial charge in [-0.2, -0.15) is 13.2 Å². The van der Waals surface area contributed by atoms with Gasteiger partial charge in [0.05, 0.1) is 5.57 Å². The van der Waals surface area contributed by atoms with Crippen molar-refractivity contribution in [2.75, 3.05) is 0 Å². The van der Waals surface area contributed by atoms with Gasteiger partial charge < -0.3 is 0 Å². The van der Waals surface area contributed by atoms with Gasteiger partial charge in [-0.1, -0.05) is 5.57 Å². The third kappa shape index (κ3) is 1.85. The zero-order valence-electron chi connectivity index (χ0n) is 5.92. The molecule has 0 fully saturated rings. The predicted molar refractivity (Wildman–Crippen MR) is 34.4 cm³/mol. The fourth-order valence-corrected chi connectivity index (χ4v) is 0.849. The first-order valence-corrected chi connectivity index (χ1v) is 3.10. The summed E-state index contributed by atoms with van der Waals surface area (Å²) in [5.74, 6) is 0. The monoisotopic (exact) mass is 159 g/mol. The lowest BCUT2D eigenvalue weighted by Crippen LogP contribution is -2.13. The van der Waals surface area contributed by atoms with Crippen LogP contribution in [0.25, 0.3) is 0 Å². The zero-order chi connectivity index (χ0) is 8.48. The van der Waals surface area contributed by atoms with Crippen LogP contribution in [-0.2, 0) is 0 Å². The van der Waals surface area contributed by atoms with Gasteiger partial charge in [0.2, 0.25) is 0 Å². The number of alkyl halides is 3. The van der Waals surface area contributed by atoms with E-state index >= 15 is 0 Å². The van der Waals surface area contributed by atoms with Crippen molar-refractivity contribution in [3.8, 4) is 0 Å². The summed E-state index contributed by atoms with van der Waals surface area (Å²) in [6, 6.07) is 0. The topological polar surface area (TPSA) is 0 Å². The van der Waals surface area contributed by atoms with Crippen LogP contribution >= 0.6 is 0 Å². The Labute approximate surface area is 63.4 Å². The summed E-state index contributed by atoms with van der Waals surface area (Å²) in [5.41, 5.74) is -0.285. The van der Waals surface area contributed by atoms with Gasteiger partial charge in [0, 0.05) is 6.42 Å². The van der Waals surface area contributed by atoms with Gasteiger partial charge in [-0.25, -0.2) is 0 Å². The molecule has 11 heavy (non-hydrogen) atoms. The minimum Gasteiger partial charge on any atom is -0.166 e. The molecular weight excluding hydrogens is 153 g/mol. The summed E-state index contributed by atoms with van der Waals surface area (Å²) >= 11 is 0. The minimum atomic E-state index is -4.24. The Morgan fingerprint density at radius 3 is 2.45 bits per heavy atom. The molecule has 0 nitrogen and oxygen atoms in total. The lowest BCUT2D eigenvalue weighted by Gasteiger charge is -2.14. The smallest absolute Gasteiger partial charge is 0.166 e. The van der Waals surface area contributed by atoms with E-state index in [1.807, 2.05) is 0 Å². The summed E-state index contributed by atoms with van der Waals surface area (Å²) in [6.45, 7) is 1.45. The number of hydrogen-bond acceptors (Lipinski definition) is 0. The van der Waals surface area contributed by atoms with E-state index in [1.165, 1.54) is 6.92 Å². The van der Waals surface area contributed by atoms with Crippen molar-refractivity contribution in [3.63, 3.8) is 0 Å². The molecule has 0 aromatic carbocycles. The largest absolute Gasteiger partial charge is 0.416 e. The van der Waals surface area contributed by atoms with Gasteiger partial charge in [0.15, 0.2) is 0 Å². The van der Waals surface area contributed by atoms with Crippen LogP contribution in [0.15, 0.2) is 17.2 Å². The van der Waals surface area contributed by atoms with Gasteiger partial charge in [-0.05, 0) is 25.5 Å². The Kier molecular flexibility index (Phi) is 2.07. The van der Waals surface area contributed by atoms with E-state index in [0.29, 0.717) is 5.57 Å². The number of allylic oxidation sites excluding steroid dienone is 4. The second-order valence-corrected chi connectivity index (χ2v) is 2.33. The summed E-state index contributed by atoms with van der Waals surface area (Å²) in [4.78, 5) is 0. The Bertz CT molecular complexity index is 208. The highest BCUT2D eigenvalue weighted by atomic mass is 19.4. The molecule has 3 heteroatoms. The molecule has 0 aromatic rings. The molecule has 0 amide bonds. The van der Waals surface area contributed by atoms with E-state index < -0.39 is 11.7 Å². The first-order chi connectivity index (χ1) is 5.02. The number of hydrogen-bond donors (Lipinski definition) is 0. The fourth-order valence-electron chi connectivity index (χ4n) is 0.849. The van der Waals surface area contributed by atoms with Crippen LogP contribution in [0.3, 0.4) is 0 Å². The van der Waals surface area contributed by atoms with Gasteiger partial charge in [-0.15, -0.1) is 0 Å². The predicted octanol–water partition coefficient (Wildman–Crippen LogP) is 2.71. The molecule has 0 unspecified atom stereocenters. The van der Waals surface area contributed by atoms with E-state index in [1.54, 1.807) is 0 Å². The van der Waals surface area contributed by atoms with Crippen LogP contribution in [0.4, 0.5) is 13.2 Å². The summed E-state index contributed by atoms with van der Waals surface area (Å²) in [6.07, 6.45) is 1.81. The van der Waals surface area contributed by atoms with E-state index in [-0.39, 0.29) is 6.42 Å². The standard InChI is InChI=1S/C8H6F3/c1-6-4-2-3-5-7(6)8(9,10)11/h5H,4H2,1H3. The third-order valence-corrected chi connectivity index (χ3v) is 1.44. The molecule has 1 aliphatic rings. The maximum Gasteiger partial charge on any atom is 0.416 e. The highest BCUT2D eigenvalue weighted by molar-refractivity contribution is 5.33. The molecule has 0 bridgehead atoms.